The predicted octanol–water partition coefficient (Wildman–Crippen LogP) is 3.01. The molecule has 1 aromatic carbocycles. The molecule has 0 fully saturated rings. The molecule has 0 saturated carbocycles. The van der Waals surface area contributed by atoms with Crippen molar-refractivity contribution in [3.63, 3.8) is 0 Å². The molecule has 0 aliphatic rings. The first-order chi connectivity index (χ1) is 12.6. The maximum Gasteiger partial charge on any atom is 0.230 e. The van der Waals surface area contributed by atoms with Gasteiger partial charge in [0.25, 0.3) is 0 Å². The van der Waals surface area contributed by atoms with Gasteiger partial charge in [0.2, 0.25) is 5.91 Å². The van der Waals surface area contributed by atoms with Gasteiger partial charge in [-0.15, -0.1) is 0 Å². The van der Waals surface area contributed by atoms with Gasteiger partial charge < -0.3 is 15.0 Å². The number of nitrogens with one attached hydrogen (secondary N) is 1. The molecule has 0 radical (unpaired) electrons. The number of benzene rings is 1. The Bertz CT molecular complexity index is 703. The van der Waals surface area contributed by atoms with Crippen molar-refractivity contribution in [3.8, 4) is 0 Å². The summed E-state index contributed by atoms with van der Waals surface area (Å²) < 4.78 is 4.95. The number of hydrogen-bond acceptors (Lipinski definition) is 6. The van der Waals surface area contributed by atoms with Crippen LogP contribution in [0.2, 0.25) is 5.15 Å². The number of rotatable bonds is 10. The lowest BCUT2D eigenvalue weighted by Crippen LogP contribution is -2.27. The van der Waals surface area contributed by atoms with E-state index < -0.39 is 0 Å². The minimum Gasteiger partial charge on any atom is -0.385 e. The Morgan fingerprint density at radius 3 is 2.81 bits per heavy atom. The first-order valence-corrected chi connectivity index (χ1v) is 9.63. The summed E-state index contributed by atoms with van der Waals surface area (Å²) in [6.07, 6.45) is 0.787. The Morgan fingerprint density at radius 1 is 1.31 bits per heavy atom. The molecule has 0 saturated heterocycles. The highest BCUT2D eigenvalue weighted by molar-refractivity contribution is 7.99. The number of ether oxygens (including phenoxy) is 1. The van der Waals surface area contributed by atoms with Crippen LogP contribution in [0.3, 0.4) is 0 Å². The van der Waals surface area contributed by atoms with Crippen molar-refractivity contribution >= 4 is 35.1 Å². The number of methoxy groups -OCH3 is 1. The Morgan fingerprint density at radius 2 is 2.08 bits per heavy atom. The zero-order valence-electron chi connectivity index (χ0n) is 14.9. The van der Waals surface area contributed by atoms with E-state index in [2.05, 4.69) is 27.4 Å². The topological polar surface area (TPSA) is 67.3 Å². The van der Waals surface area contributed by atoms with Crippen molar-refractivity contribution in [2.24, 2.45) is 0 Å². The third-order valence-electron chi connectivity index (χ3n) is 3.49. The van der Waals surface area contributed by atoms with E-state index in [9.17, 15) is 4.79 Å². The van der Waals surface area contributed by atoms with Crippen LogP contribution in [0.4, 0.5) is 5.82 Å². The van der Waals surface area contributed by atoms with Gasteiger partial charge in [0, 0.05) is 39.9 Å². The van der Waals surface area contributed by atoms with Crippen molar-refractivity contribution in [1.29, 1.82) is 0 Å². The van der Waals surface area contributed by atoms with Crippen LogP contribution in [0, 0.1) is 0 Å². The zero-order chi connectivity index (χ0) is 18.8. The molecule has 0 aliphatic carbocycles. The molecule has 1 amide bonds. The number of amides is 1. The van der Waals surface area contributed by atoms with Crippen LogP contribution in [0.15, 0.2) is 41.6 Å². The Balaban J connectivity index is 1.91. The van der Waals surface area contributed by atoms with Crippen LogP contribution in [0.5, 0.6) is 0 Å². The summed E-state index contributed by atoms with van der Waals surface area (Å²) in [5, 5.41) is 3.68. The van der Waals surface area contributed by atoms with Crippen LogP contribution >= 0.6 is 23.4 Å². The van der Waals surface area contributed by atoms with E-state index >= 15 is 0 Å². The average molecular weight is 395 g/mol. The summed E-state index contributed by atoms with van der Waals surface area (Å²) in [6.45, 7) is 1.93. The highest BCUT2D eigenvalue weighted by atomic mass is 35.5. The Kier molecular flexibility index (Phi) is 8.67. The van der Waals surface area contributed by atoms with E-state index in [0.717, 1.165) is 12.2 Å². The third kappa shape index (κ3) is 7.19. The van der Waals surface area contributed by atoms with Crippen LogP contribution in [-0.4, -0.2) is 48.9 Å². The van der Waals surface area contributed by atoms with Crippen molar-refractivity contribution in [3.05, 3.63) is 47.1 Å². The lowest BCUT2D eigenvalue weighted by Gasteiger charge is -2.18. The highest BCUT2D eigenvalue weighted by Gasteiger charge is 2.10. The fraction of sp³-hybridized carbons (Fsp3) is 0.389. The van der Waals surface area contributed by atoms with Crippen LogP contribution in [0.25, 0.3) is 0 Å². The molecule has 1 N–H and O–H groups in total. The number of anilines is 1. The molecule has 0 bridgehead atoms. The van der Waals surface area contributed by atoms with Gasteiger partial charge in [0.1, 0.15) is 11.0 Å². The maximum absolute atomic E-state index is 11.9. The van der Waals surface area contributed by atoms with Gasteiger partial charge >= 0.3 is 0 Å². The fourth-order valence-electron chi connectivity index (χ4n) is 2.21. The summed E-state index contributed by atoms with van der Waals surface area (Å²) in [5.41, 5.74) is 1.18. The van der Waals surface area contributed by atoms with Crippen molar-refractivity contribution < 1.29 is 9.53 Å². The quantitative estimate of drug-likeness (QED) is 0.289. The summed E-state index contributed by atoms with van der Waals surface area (Å²) in [4.78, 5) is 22.6. The number of nitrogens with zero attached hydrogens (tertiary/aromatic N) is 3. The Labute approximate surface area is 163 Å². The number of hydrogen-bond donors (Lipinski definition) is 1. The molecule has 1 aromatic heterocycles. The van der Waals surface area contributed by atoms with Gasteiger partial charge in [-0.2, -0.15) is 0 Å². The molecular weight excluding hydrogens is 372 g/mol. The number of carbonyl (C=O) groups is 1. The lowest BCUT2D eigenvalue weighted by atomic mass is 10.2. The van der Waals surface area contributed by atoms with E-state index in [1.54, 1.807) is 13.2 Å². The van der Waals surface area contributed by atoms with Gasteiger partial charge in [0.05, 0.1) is 5.75 Å². The van der Waals surface area contributed by atoms with Crippen molar-refractivity contribution in [1.82, 2.24) is 15.3 Å². The zero-order valence-corrected chi connectivity index (χ0v) is 16.5. The third-order valence-corrected chi connectivity index (χ3v) is 4.54. The van der Waals surface area contributed by atoms with E-state index in [-0.39, 0.29) is 11.7 Å². The van der Waals surface area contributed by atoms with Crippen LogP contribution < -0.4 is 10.2 Å². The second kappa shape index (κ2) is 11.0. The number of halogens is 1. The Hall–Kier alpha value is -1.83. The molecule has 2 aromatic rings. The van der Waals surface area contributed by atoms with Crippen LogP contribution in [0.1, 0.15) is 12.0 Å². The molecule has 0 aliphatic heterocycles. The van der Waals surface area contributed by atoms with E-state index in [4.69, 9.17) is 16.3 Å². The molecule has 0 atom stereocenters. The predicted molar refractivity (Wildman–Crippen MR) is 106 cm³/mol. The van der Waals surface area contributed by atoms with Crippen molar-refractivity contribution in [2.45, 2.75) is 18.1 Å². The number of carbonyl (C=O) groups excluding carboxylic acids is 1. The molecule has 2 rings (SSSR count). The molecule has 0 spiro atoms. The molecule has 0 unspecified atom stereocenters. The van der Waals surface area contributed by atoms with Crippen LogP contribution in [-0.2, 0) is 16.1 Å². The molecule has 26 heavy (non-hydrogen) atoms. The van der Waals surface area contributed by atoms with Gasteiger partial charge in [-0.05, 0) is 12.0 Å². The van der Waals surface area contributed by atoms with Gasteiger partial charge in [-0.25, -0.2) is 9.97 Å². The summed E-state index contributed by atoms with van der Waals surface area (Å²) in [7, 11) is 3.59. The van der Waals surface area contributed by atoms with Gasteiger partial charge in [-0.1, -0.05) is 53.7 Å². The summed E-state index contributed by atoms with van der Waals surface area (Å²) in [6, 6.07) is 11.8. The number of thioether (sulfide) groups is 1. The molecule has 1 heterocycles. The van der Waals surface area contributed by atoms with Crippen molar-refractivity contribution in [2.75, 3.05) is 38.0 Å². The molecule has 8 heteroatoms. The summed E-state index contributed by atoms with van der Waals surface area (Å²) >= 11 is 7.39. The first-order valence-electron chi connectivity index (χ1n) is 8.26. The monoisotopic (exact) mass is 394 g/mol. The smallest absolute Gasteiger partial charge is 0.230 e. The SMILES string of the molecule is COCCCNC(=O)CSc1nc(Cl)cc(N(C)Cc2ccccc2)n1. The average Bonchev–Trinajstić information content (AvgIpc) is 2.64. The molecule has 140 valence electrons. The summed E-state index contributed by atoms with van der Waals surface area (Å²) in [5.74, 6) is 0.903. The first kappa shape index (κ1) is 20.5. The van der Waals surface area contributed by atoms with Gasteiger partial charge in [-0.3, -0.25) is 4.79 Å². The fourth-order valence-corrected chi connectivity index (χ4v) is 3.12. The van der Waals surface area contributed by atoms with E-state index in [0.29, 0.717) is 30.0 Å². The largest absolute Gasteiger partial charge is 0.385 e. The number of aromatic nitrogens is 2. The maximum atomic E-state index is 11.9. The normalized spacial score (nSPS) is 10.6. The minimum absolute atomic E-state index is 0.0612. The lowest BCUT2D eigenvalue weighted by molar-refractivity contribution is -0.118. The highest BCUT2D eigenvalue weighted by Crippen LogP contribution is 2.22. The van der Waals surface area contributed by atoms with E-state index in [1.807, 2.05) is 30.1 Å². The standard InChI is InChI=1S/C18H23ClN4O2S/c1-23(12-14-7-4-3-5-8-14)16-11-15(19)21-18(22-16)26-13-17(24)20-9-6-10-25-2/h3-5,7-8,11H,6,9-10,12-13H2,1-2H3,(H,20,24). The van der Waals surface area contributed by atoms with Gasteiger partial charge in [0.15, 0.2) is 5.16 Å². The molecule has 6 nitrogen and oxygen atoms in total. The van der Waals surface area contributed by atoms with E-state index in [1.165, 1.54) is 17.3 Å². The minimum atomic E-state index is -0.0612. The second-order valence-electron chi connectivity index (χ2n) is 5.66. The molecular formula is C18H23ClN4O2S. The second-order valence-corrected chi connectivity index (χ2v) is 6.99.